The molecule has 0 heterocycles. The standard InChI is InChI=1S/C14H19Br3/c1-3-11(2)8-14(9-15,10-16)12-5-4-6-13(17)7-12/h4-7,11H,3,8-10H2,1-2H3. The predicted molar refractivity (Wildman–Crippen MR) is 87.5 cm³/mol. The number of hydrogen-bond acceptors (Lipinski definition) is 0. The molecule has 0 saturated heterocycles. The van der Waals surface area contributed by atoms with Crippen LogP contribution in [0, 0.1) is 5.92 Å². The first kappa shape index (κ1) is 15.7. The Morgan fingerprint density at radius 2 is 1.88 bits per heavy atom. The quantitative estimate of drug-likeness (QED) is 0.496. The zero-order valence-electron chi connectivity index (χ0n) is 10.3. The van der Waals surface area contributed by atoms with Crippen molar-refractivity contribution in [2.45, 2.75) is 32.1 Å². The van der Waals surface area contributed by atoms with Crippen LogP contribution in [0.15, 0.2) is 28.7 Å². The maximum Gasteiger partial charge on any atom is 0.0178 e. The third kappa shape index (κ3) is 4.07. The lowest BCUT2D eigenvalue weighted by atomic mass is 9.77. The van der Waals surface area contributed by atoms with Gasteiger partial charge in [-0.1, -0.05) is 80.2 Å². The Kier molecular flexibility index (Phi) is 6.75. The smallest absolute Gasteiger partial charge is 0.0178 e. The third-order valence-electron chi connectivity index (χ3n) is 3.38. The van der Waals surface area contributed by atoms with Crippen LogP contribution in [0.4, 0.5) is 0 Å². The van der Waals surface area contributed by atoms with Crippen molar-refractivity contribution in [3.8, 4) is 0 Å². The van der Waals surface area contributed by atoms with Crippen molar-refractivity contribution >= 4 is 47.8 Å². The summed E-state index contributed by atoms with van der Waals surface area (Å²) in [5.41, 5.74) is 1.60. The summed E-state index contributed by atoms with van der Waals surface area (Å²) in [7, 11) is 0. The average Bonchev–Trinajstić information content (AvgIpc) is 2.35. The summed E-state index contributed by atoms with van der Waals surface area (Å²) in [5, 5.41) is 1.98. The van der Waals surface area contributed by atoms with Gasteiger partial charge >= 0.3 is 0 Å². The molecule has 0 nitrogen and oxygen atoms in total. The minimum atomic E-state index is 0.194. The fourth-order valence-corrected chi connectivity index (χ4v) is 4.48. The van der Waals surface area contributed by atoms with Crippen LogP contribution in [0.2, 0.25) is 0 Å². The summed E-state index contributed by atoms with van der Waals surface area (Å²) in [6, 6.07) is 8.68. The maximum absolute atomic E-state index is 3.71. The van der Waals surface area contributed by atoms with Gasteiger partial charge in [0.2, 0.25) is 0 Å². The maximum atomic E-state index is 3.71. The fraction of sp³-hybridized carbons (Fsp3) is 0.571. The molecule has 1 aromatic carbocycles. The summed E-state index contributed by atoms with van der Waals surface area (Å²) in [6.45, 7) is 4.59. The summed E-state index contributed by atoms with van der Waals surface area (Å²) in [5.74, 6) is 0.740. The number of alkyl halides is 2. The van der Waals surface area contributed by atoms with Gasteiger partial charge in [0.1, 0.15) is 0 Å². The molecule has 1 aromatic rings. The first-order valence-corrected chi connectivity index (χ1v) is 8.99. The molecule has 0 amide bonds. The van der Waals surface area contributed by atoms with E-state index in [2.05, 4.69) is 85.9 Å². The molecule has 1 unspecified atom stereocenters. The second kappa shape index (κ2) is 7.30. The molecule has 1 atom stereocenters. The minimum absolute atomic E-state index is 0.194. The van der Waals surface area contributed by atoms with Crippen LogP contribution in [0.5, 0.6) is 0 Å². The van der Waals surface area contributed by atoms with E-state index in [1.807, 2.05) is 0 Å². The van der Waals surface area contributed by atoms with Gasteiger partial charge in [-0.2, -0.15) is 0 Å². The lowest BCUT2D eigenvalue weighted by Crippen LogP contribution is -2.32. The van der Waals surface area contributed by atoms with Gasteiger partial charge in [0.25, 0.3) is 0 Å². The Morgan fingerprint density at radius 3 is 2.35 bits per heavy atom. The summed E-state index contributed by atoms with van der Waals surface area (Å²) < 4.78 is 1.16. The Bertz CT molecular complexity index is 345. The summed E-state index contributed by atoms with van der Waals surface area (Å²) in [4.78, 5) is 0. The first-order valence-electron chi connectivity index (χ1n) is 5.96. The largest absolute Gasteiger partial charge is 0.0918 e. The van der Waals surface area contributed by atoms with E-state index < -0.39 is 0 Å². The van der Waals surface area contributed by atoms with Crippen LogP contribution in [-0.2, 0) is 5.41 Å². The third-order valence-corrected chi connectivity index (χ3v) is 6.02. The number of rotatable bonds is 6. The molecular formula is C14H19Br3. The van der Waals surface area contributed by atoms with Crippen LogP contribution in [-0.4, -0.2) is 10.7 Å². The molecule has 96 valence electrons. The highest BCUT2D eigenvalue weighted by Crippen LogP contribution is 2.37. The molecule has 0 aliphatic carbocycles. The van der Waals surface area contributed by atoms with Crippen molar-refractivity contribution in [2.24, 2.45) is 5.92 Å². The van der Waals surface area contributed by atoms with E-state index in [-0.39, 0.29) is 5.41 Å². The molecular weight excluding hydrogens is 408 g/mol. The van der Waals surface area contributed by atoms with Crippen LogP contribution in [0.1, 0.15) is 32.3 Å². The molecule has 0 aromatic heterocycles. The van der Waals surface area contributed by atoms with Crippen molar-refractivity contribution in [2.75, 3.05) is 10.7 Å². The van der Waals surface area contributed by atoms with Gasteiger partial charge in [-0.05, 0) is 30.0 Å². The Morgan fingerprint density at radius 1 is 1.24 bits per heavy atom. The molecule has 0 aliphatic heterocycles. The molecule has 0 N–H and O–H groups in total. The van der Waals surface area contributed by atoms with Gasteiger partial charge in [0.15, 0.2) is 0 Å². The Hall–Kier alpha value is 0.660. The molecule has 17 heavy (non-hydrogen) atoms. The normalized spacial score (nSPS) is 13.7. The molecule has 3 heteroatoms. The molecule has 0 bridgehead atoms. The number of benzene rings is 1. The van der Waals surface area contributed by atoms with Crippen LogP contribution >= 0.6 is 47.8 Å². The van der Waals surface area contributed by atoms with E-state index in [0.29, 0.717) is 0 Å². The zero-order chi connectivity index (χ0) is 12.9. The molecule has 0 aliphatic rings. The lowest BCUT2D eigenvalue weighted by Gasteiger charge is -2.33. The van der Waals surface area contributed by atoms with E-state index in [1.165, 1.54) is 18.4 Å². The predicted octanol–water partition coefficient (Wildman–Crippen LogP) is 5.91. The molecule has 0 saturated carbocycles. The lowest BCUT2D eigenvalue weighted by molar-refractivity contribution is 0.386. The van der Waals surface area contributed by atoms with Gasteiger partial charge in [0.05, 0.1) is 0 Å². The van der Waals surface area contributed by atoms with Crippen molar-refractivity contribution in [3.63, 3.8) is 0 Å². The topological polar surface area (TPSA) is 0 Å². The van der Waals surface area contributed by atoms with Gasteiger partial charge in [-0.15, -0.1) is 0 Å². The monoisotopic (exact) mass is 424 g/mol. The summed E-state index contributed by atoms with van der Waals surface area (Å²) in [6.07, 6.45) is 2.44. The average molecular weight is 427 g/mol. The second-order valence-electron chi connectivity index (χ2n) is 4.78. The van der Waals surface area contributed by atoms with Crippen LogP contribution in [0.3, 0.4) is 0 Å². The van der Waals surface area contributed by atoms with E-state index in [9.17, 15) is 0 Å². The van der Waals surface area contributed by atoms with Crippen molar-refractivity contribution in [1.29, 1.82) is 0 Å². The van der Waals surface area contributed by atoms with E-state index in [0.717, 1.165) is 21.1 Å². The van der Waals surface area contributed by atoms with Gasteiger partial charge < -0.3 is 0 Å². The molecule has 0 spiro atoms. The van der Waals surface area contributed by atoms with E-state index in [4.69, 9.17) is 0 Å². The number of hydrogen-bond donors (Lipinski definition) is 0. The van der Waals surface area contributed by atoms with E-state index in [1.54, 1.807) is 0 Å². The Balaban J connectivity index is 3.06. The highest BCUT2D eigenvalue weighted by Gasteiger charge is 2.31. The fourth-order valence-electron chi connectivity index (χ4n) is 2.05. The minimum Gasteiger partial charge on any atom is -0.0918 e. The highest BCUT2D eigenvalue weighted by molar-refractivity contribution is 9.10. The molecule has 0 fully saturated rings. The SMILES string of the molecule is CCC(C)CC(CBr)(CBr)c1cccc(Br)c1. The zero-order valence-corrected chi connectivity index (χ0v) is 15.1. The Labute approximate surface area is 130 Å². The molecule has 1 rings (SSSR count). The first-order chi connectivity index (χ1) is 8.07. The number of halogens is 3. The van der Waals surface area contributed by atoms with Gasteiger partial charge in [-0.3, -0.25) is 0 Å². The van der Waals surface area contributed by atoms with Crippen molar-refractivity contribution in [3.05, 3.63) is 34.3 Å². The van der Waals surface area contributed by atoms with Gasteiger partial charge in [-0.25, -0.2) is 0 Å². The van der Waals surface area contributed by atoms with Gasteiger partial charge in [0, 0.05) is 20.5 Å². The highest BCUT2D eigenvalue weighted by atomic mass is 79.9. The van der Waals surface area contributed by atoms with Crippen molar-refractivity contribution < 1.29 is 0 Å². The van der Waals surface area contributed by atoms with E-state index >= 15 is 0 Å². The second-order valence-corrected chi connectivity index (χ2v) is 6.81. The van der Waals surface area contributed by atoms with Crippen LogP contribution < -0.4 is 0 Å². The molecule has 0 radical (unpaired) electrons. The van der Waals surface area contributed by atoms with Crippen LogP contribution in [0.25, 0.3) is 0 Å². The summed E-state index contributed by atoms with van der Waals surface area (Å²) >= 11 is 11.0. The van der Waals surface area contributed by atoms with Crippen molar-refractivity contribution in [1.82, 2.24) is 0 Å².